The van der Waals surface area contributed by atoms with Crippen molar-refractivity contribution in [1.82, 2.24) is 19.5 Å². The van der Waals surface area contributed by atoms with Gasteiger partial charge in [0.15, 0.2) is 11.2 Å². The monoisotopic (exact) mass is 403 g/mol. The second kappa shape index (κ2) is 6.48. The number of nitrogens with zero attached hydrogens (tertiary/aromatic N) is 3. The van der Waals surface area contributed by atoms with Crippen LogP contribution in [0.5, 0.6) is 0 Å². The molecule has 2 heterocycles. The van der Waals surface area contributed by atoms with E-state index in [-0.39, 0.29) is 23.7 Å². The molecule has 0 saturated heterocycles. The molecular weight excluding hydrogens is 390 g/mol. The van der Waals surface area contributed by atoms with Crippen LogP contribution in [0, 0.1) is 0 Å². The van der Waals surface area contributed by atoms with Crippen molar-refractivity contribution in [1.29, 1.82) is 0 Å². The molecule has 0 radical (unpaired) electrons. The highest BCUT2D eigenvalue weighted by atomic mass is 31.2. The van der Waals surface area contributed by atoms with E-state index in [1.165, 1.54) is 23.0 Å². The molecule has 9 nitrogen and oxygen atoms in total. The van der Waals surface area contributed by atoms with Gasteiger partial charge in [-0.15, -0.1) is 0 Å². The second-order valence-corrected chi connectivity index (χ2v) is 7.42. The van der Waals surface area contributed by atoms with Gasteiger partial charge in [0.2, 0.25) is 12.1 Å². The van der Waals surface area contributed by atoms with Crippen LogP contribution < -0.4 is 11.3 Å². The van der Waals surface area contributed by atoms with E-state index in [9.17, 15) is 22.5 Å². The first-order valence-corrected chi connectivity index (χ1v) is 8.99. The van der Waals surface area contributed by atoms with Crippen molar-refractivity contribution in [3.8, 4) is 0 Å². The summed E-state index contributed by atoms with van der Waals surface area (Å²) >= 11 is 0. The summed E-state index contributed by atoms with van der Waals surface area (Å²) in [7, 11) is -5.99. The maximum atomic E-state index is 14.1. The third kappa shape index (κ3) is 3.46. The number of rotatable bonds is 5. The molecule has 3 rings (SSSR count). The molecule has 0 saturated carbocycles. The number of alkyl halides is 3. The SMILES string of the molecule is Nc1nc2c(ncn2Cc2cccc(C(F)C(F)(F)P(=O)(O)O)c2)c(=O)[nH]1. The van der Waals surface area contributed by atoms with Crippen LogP contribution in [0.15, 0.2) is 35.4 Å². The number of aromatic amines is 1. The van der Waals surface area contributed by atoms with Crippen molar-refractivity contribution in [3.05, 3.63) is 52.1 Å². The van der Waals surface area contributed by atoms with Gasteiger partial charge in [-0.1, -0.05) is 24.3 Å². The molecule has 3 aromatic rings. The smallest absolute Gasteiger partial charge is 0.369 e. The van der Waals surface area contributed by atoms with E-state index in [1.807, 2.05) is 0 Å². The van der Waals surface area contributed by atoms with E-state index in [1.54, 1.807) is 0 Å². The van der Waals surface area contributed by atoms with Crippen molar-refractivity contribution in [3.63, 3.8) is 0 Å². The lowest BCUT2D eigenvalue weighted by atomic mass is 10.1. The summed E-state index contributed by atoms with van der Waals surface area (Å²) in [5.74, 6) is -0.145. The molecule has 13 heteroatoms. The lowest BCUT2D eigenvalue weighted by molar-refractivity contribution is -0.0188. The predicted molar refractivity (Wildman–Crippen MR) is 88.9 cm³/mol. The Morgan fingerprint density at radius 2 is 2.07 bits per heavy atom. The Labute approximate surface area is 148 Å². The fourth-order valence-electron chi connectivity index (χ4n) is 2.48. The molecule has 0 fully saturated rings. The van der Waals surface area contributed by atoms with Crippen LogP contribution in [-0.4, -0.2) is 35.0 Å². The molecule has 27 heavy (non-hydrogen) atoms. The largest absolute Gasteiger partial charge is 0.398 e. The molecule has 0 bridgehead atoms. The number of benzene rings is 1. The van der Waals surface area contributed by atoms with Gasteiger partial charge in [0, 0.05) is 0 Å². The zero-order valence-electron chi connectivity index (χ0n) is 13.4. The third-order valence-corrected chi connectivity index (χ3v) is 4.79. The molecular formula is C14H13F3N5O4P. The first kappa shape index (κ1) is 19.1. The highest BCUT2D eigenvalue weighted by Gasteiger charge is 2.56. The van der Waals surface area contributed by atoms with Crippen molar-refractivity contribution in [2.24, 2.45) is 0 Å². The maximum Gasteiger partial charge on any atom is 0.398 e. The van der Waals surface area contributed by atoms with Gasteiger partial charge in [0.25, 0.3) is 5.56 Å². The Bertz CT molecular complexity index is 1110. The molecule has 0 spiro atoms. The maximum absolute atomic E-state index is 14.1. The van der Waals surface area contributed by atoms with Crippen molar-refractivity contribution < 1.29 is 27.5 Å². The lowest BCUT2D eigenvalue weighted by Crippen LogP contribution is -2.23. The first-order chi connectivity index (χ1) is 12.5. The normalized spacial score (nSPS) is 13.8. The third-order valence-electron chi connectivity index (χ3n) is 3.78. The Balaban J connectivity index is 1.96. The number of aromatic nitrogens is 4. The van der Waals surface area contributed by atoms with Crippen LogP contribution in [0.4, 0.5) is 19.1 Å². The van der Waals surface area contributed by atoms with Crippen LogP contribution in [0.2, 0.25) is 0 Å². The van der Waals surface area contributed by atoms with Crippen LogP contribution >= 0.6 is 7.60 Å². The number of nitrogen functional groups attached to an aromatic ring is 1. The summed E-state index contributed by atoms with van der Waals surface area (Å²) in [6, 6.07) is 4.77. The number of hydrogen-bond acceptors (Lipinski definition) is 5. The Morgan fingerprint density at radius 1 is 1.37 bits per heavy atom. The van der Waals surface area contributed by atoms with Crippen molar-refractivity contribution in [2.45, 2.75) is 18.4 Å². The van der Waals surface area contributed by atoms with Gasteiger partial charge >= 0.3 is 13.3 Å². The Kier molecular flexibility index (Phi) is 4.58. The summed E-state index contributed by atoms with van der Waals surface area (Å²) in [5.41, 5.74) is -0.0767. The van der Waals surface area contributed by atoms with Crippen molar-refractivity contribution in [2.75, 3.05) is 5.73 Å². The number of nitrogens with two attached hydrogens (primary N) is 1. The molecule has 0 aliphatic rings. The van der Waals surface area contributed by atoms with E-state index in [2.05, 4.69) is 15.0 Å². The minimum absolute atomic E-state index is 0.0109. The topological polar surface area (TPSA) is 147 Å². The van der Waals surface area contributed by atoms with Crippen LogP contribution in [0.3, 0.4) is 0 Å². The average Bonchev–Trinajstić information content (AvgIpc) is 2.96. The Morgan fingerprint density at radius 3 is 2.74 bits per heavy atom. The summed E-state index contributed by atoms with van der Waals surface area (Å²) in [6.07, 6.45) is -1.93. The molecule has 0 amide bonds. The minimum Gasteiger partial charge on any atom is -0.369 e. The summed E-state index contributed by atoms with van der Waals surface area (Å²) in [4.78, 5) is 39.2. The standard InChI is InChI=1S/C14H13F3N5O4P/c15-10(14(16,17)27(24,25)26)8-3-1-2-7(4-8)5-22-6-19-9-11(22)20-13(18)21-12(9)23/h1-4,6,10H,5H2,(H2,24,25,26)(H3,18,20,21,23). The minimum atomic E-state index is -5.99. The predicted octanol–water partition coefficient (Wildman–Crippen LogP) is 1.53. The van der Waals surface area contributed by atoms with Gasteiger partial charge in [-0.3, -0.25) is 14.3 Å². The molecule has 0 aliphatic carbocycles. The number of imidazole rings is 1. The van der Waals surface area contributed by atoms with Gasteiger partial charge in [-0.25, -0.2) is 9.37 Å². The van der Waals surface area contributed by atoms with Gasteiger partial charge in [-0.2, -0.15) is 13.8 Å². The number of halogens is 3. The van der Waals surface area contributed by atoms with Crippen LogP contribution in [0.1, 0.15) is 17.3 Å². The van der Waals surface area contributed by atoms with Crippen molar-refractivity contribution >= 4 is 24.7 Å². The number of fused-ring (bicyclic) bond motifs is 1. The molecule has 1 aromatic carbocycles. The summed E-state index contributed by atoms with van der Waals surface area (Å²) in [5, 5.41) is 0. The molecule has 144 valence electrons. The van der Waals surface area contributed by atoms with E-state index in [0.29, 0.717) is 5.56 Å². The van der Waals surface area contributed by atoms with Crippen LogP contribution in [0.25, 0.3) is 11.2 Å². The number of hydrogen-bond donors (Lipinski definition) is 4. The number of anilines is 1. The summed E-state index contributed by atoms with van der Waals surface area (Å²) in [6.45, 7) is -0.0194. The van der Waals surface area contributed by atoms with Gasteiger partial charge < -0.3 is 20.1 Å². The highest BCUT2D eigenvalue weighted by Crippen LogP contribution is 2.59. The highest BCUT2D eigenvalue weighted by molar-refractivity contribution is 7.53. The van der Waals surface area contributed by atoms with Crippen LogP contribution in [-0.2, 0) is 11.1 Å². The molecule has 0 aliphatic heterocycles. The lowest BCUT2D eigenvalue weighted by Gasteiger charge is -2.22. The molecule has 1 unspecified atom stereocenters. The quantitative estimate of drug-likeness (QED) is 0.472. The van der Waals surface area contributed by atoms with E-state index in [4.69, 9.17) is 15.5 Å². The van der Waals surface area contributed by atoms with E-state index >= 15 is 0 Å². The first-order valence-electron chi connectivity index (χ1n) is 7.37. The molecule has 5 N–H and O–H groups in total. The molecule has 1 atom stereocenters. The fourth-order valence-corrected chi connectivity index (χ4v) is 2.92. The number of H-pyrrole nitrogens is 1. The van der Waals surface area contributed by atoms with Gasteiger partial charge in [0.1, 0.15) is 0 Å². The Hall–Kier alpha value is -2.69. The zero-order valence-corrected chi connectivity index (χ0v) is 14.3. The van der Waals surface area contributed by atoms with E-state index in [0.717, 1.165) is 12.1 Å². The zero-order chi connectivity index (χ0) is 20.0. The summed E-state index contributed by atoms with van der Waals surface area (Å²) < 4.78 is 53.5. The van der Waals surface area contributed by atoms with Gasteiger partial charge in [0.05, 0.1) is 12.9 Å². The number of nitrogens with one attached hydrogen (secondary N) is 1. The average molecular weight is 403 g/mol. The molecule has 2 aromatic heterocycles. The fraction of sp³-hybridized carbons (Fsp3) is 0.214. The second-order valence-electron chi connectivity index (χ2n) is 5.74. The van der Waals surface area contributed by atoms with E-state index < -0.39 is 30.6 Å². The van der Waals surface area contributed by atoms with Gasteiger partial charge in [-0.05, 0) is 11.1 Å².